The van der Waals surface area contributed by atoms with Crippen LogP contribution < -0.4 is 11.2 Å². The number of esters is 1. The summed E-state index contributed by atoms with van der Waals surface area (Å²) in [7, 11) is 1.05. The average Bonchev–Trinajstić information content (AvgIpc) is 2.26. The second-order valence-electron chi connectivity index (χ2n) is 2.92. The maximum atomic E-state index is 12.4. The molecule has 1 heterocycles. The molecule has 0 spiro atoms. The summed E-state index contributed by atoms with van der Waals surface area (Å²) in [5.41, 5.74) is 3.04. The summed E-state index contributed by atoms with van der Waals surface area (Å²) < 4.78 is 29.2. The van der Waals surface area contributed by atoms with E-state index in [2.05, 4.69) is 9.72 Å². The number of hydrogen-bond donors (Lipinski definition) is 2. The summed E-state index contributed by atoms with van der Waals surface area (Å²) >= 11 is 0. The highest BCUT2D eigenvalue weighted by molar-refractivity contribution is 5.90. The number of hydrogen-bond acceptors (Lipinski definition) is 4. The van der Waals surface area contributed by atoms with Crippen molar-refractivity contribution in [3.8, 4) is 0 Å². The number of aromatic nitrogens is 1. The summed E-state index contributed by atoms with van der Waals surface area (Å²) in [6.45, 7) is -0.150. The third-order valence-corrected chi connectivity index (χ3v) is 2.02. The van der Waals surface area contributed by atoms with Gasteiger partial charge in [0.25, 0.3) is 6.43 Å². The van der Waals surface area contributed by atoms with Gasteiger partial charge in [-0.15, -0.1) is 0 Å². The number of nitrogens with two attached hydrogens (primary N) is 1. The Labute approximate surface area is 89.2 Å². The van der Waals surface area contributed by atoms with Gasteiger partial charge < -0.3 is 15.5 Å². The number of ether oxygens (including phenoxy) is 1. The average molecular weight is 232 g/mol. The number of rotatable bonds is 3. The molecule has 7 heteroatoms. The number of alkyl halides is 2. The SMILES string of the molecule is COC(=O)c1c(CN)[nH]cc(C(F)F)c1=O. The van der Waals surface area contributed by atoms with E-state index in [-0.39, 0.29) is 12.2 Å². The van der Waals surface area contributed by atoms with Crippen LogP contribution >= 0.6 is 0 Å². The molecule has 0 aliphatic heterocycles. The third kappa shape index (κ3) is 2.08. The first-order valence-electron chi connectivity index (χ1n) is 4.33. The molecule has 3 N–H and O–H groups in total. The van der Waals surface area contributed by atoms with Crippen LogP contribution in [-0.2, 0) is 11.3 Å². The number of carbonyl (C=O) groups excluding carboxylic acids is 1. The van der Waals surface area contributed by atoms with Crippen molar-refractivity contribution >= 4 is 5.97 Å². The minimum Gasteiger partial charge on any atom is -0.465 e. The van der Waals surface area contributed by atoms with E-state index in [1.807, 2.05) is 0 Å². The van der Waals surface area contributed by atoms with Crippen molar-refractivity contribution in [3.05, 3.63) is 33.2 Å². The van der Waals surface area contributed by atoms with Gasteiger partial charge in [-0.2, -0.15) is 0 Å². The maximum absolute atomic E-state index is 12.4. The number of nitrogens with one attached hydrogen (secondary N) is 1. The maximum Gasteiger partial charge on any atom is 0.343 e. The van der Waals surface area contributed by atoms with Crippen molar-refractivity contribution in [1.29, 1.82) is 0 Å². The number of halogens is 2. The van der Waals surface area contributed by atoms with E-state index in [0.717, 1.165) is 13.3 Å². The van der Waals surface area contributed by atoms with Gasteiger partial charge in [-0.25, -0.2) is 13.6 Å². The Bertz CT molecular complexity index is 457. The lowest BCUT2D eigenvalue weighted by atomic mass is 10.1. The Morgan fingerprint density at radius 2 is 2.25 bits per heavy atom. The highest BCUT2D eigenvalue weighted by Crippen LogP contribution is 2.15. The molecule has 0 saturated carbocycles. The first-order chi connectivity index (χ1) is 7.52. The summed E-state index contributed by atoms with van der Waals surface area (Å²) in [5.74, 6) is -0.982. The Morgan fingerprint density at radius 3 is 2.69 bits per heavy atom. The molecule has 0 bridgehead atoms. The standard InChI is InChI=1S/C9H10F2N2O3/c1-16-9(15)6-5(2-12)13-3-4(7(6)14)8(10)11/h3,8H,2,12H2,1H3,(H,13,14). The summed E-state index contributed by atoms with van der Waals surface area (Å²) in [6.07, 6.45) is -2.11. The van der Waals surface area contributed by atoms with E-state index in [1.165, 1.54) is 0 Å². The lowest BCUT2D eigenvalue weighted by molar-refractivity contribution is 0.0596. The first-order valence-corrected chi connectivity index (χ1v) is 4.33. The second-order valence-corrected chi connectivity index (χ2v) is 2.92. The molecule has 5 nitrogen and oxygen atoms in total. The van der Waals surface area contributed by atoms with Crippen molar-refractivity contribution in [2.45, 2.75) is 13.0 Å². The molecule has 1 aromatic heterocycles. The van der Waals surface area contributed by atoms with Gasteiger partial charge in [0.05, 0.1) is 12.7 Å². The van der Waals surface area contributed by atoms with Gasteiger partial charge in [0, 0.05) is 18.4 Å². The normalized spacial score (nSPS) is 10.6. The fourth-order valence-corrected chi connectivity index (χ4v) is 1.23. The lowest BCUT2D eigenvalue weighted by Gasteiger charge is -2.07. The fourth-order valence-electron chi connectivity index (χ4n) is 1.23. The van der Waals surface area contributed by atoms with Crippen LogP contribution in [0.25, 0.3) is 0 Å². The van der Waals surface area contributed by atoms with Crippen LogP contribution in [0.1, 0.15) is 28.0 Å². The van der Waals surface area contributed by atoms with Crippen molar-refractivity contribution in [2.24, 2.45) is 5.73 Å². The molecule has 0 aliphatic rings. The van der Waals surface area contributed by atoms with E-state index in [9.17, 15) is 18.4 Å². The molecule has 0 unspecified atom stereocenters. The summed E-state index contributed by atoms with van der Waals surface area (Å²) in [5, 5.41) is 0. The van der Waals surface area contributed by atoms with Crippen molar-refractivity contribution in [1.82, 2.24) is 4.98 Å². The molecule has 0 saturated heterocycles. The van der Waals surface area contributed by atoms with Crippen molar-refractivity contribution in [3.63, 3.8) is 0 Å². The van der Waals surface area contributed by atoms with Gasteiger partial charge in [-0.05, 0) is 0 Å². The Balaban J connectivity index is 3.47. The van der Waals surface area contributed by atoms with Gasteiger partial charge in [0.1, 0.15) is 5.56 Å². The zero-order valence-electron chi connectivity index (χ0n) is 8.42. The quantitative estimate of drug-likeness (QED) is 0.745. The summed E-state index contributed by atoms with van der Waals surface area (Å²) in [4.78, 5) is 25.2. The predicted molar refractivity (Wildman–Crippen MR) is 51.3 cm³/mol. The number of pyridine rings is 1. The molecular weight excluding hydrogens is 222 g/mol. The van der Waals surface area contributed by atoms with Gasteiger partial charge in [0.15, 0.2) is 0 Å². The van der Waals surface area contributed by atoms with Crippen molar-refractivity contribution < 1.29 is 18.3 Å². The zero-order chi connectivity index (χ0) is 12.3. The monoisotopic (exact) mass is 232 g/mol. The molecule has 1 rings (SSSR count). The molecule has 0 aliphatic carbocycles. The van der Waals surface area contributed by atoms with Crippen molar-refractivity contribution in [2.75, 3.05) is 7.11 Å². The predicted octanol–water partition coefficient (Wildman–Crippen LogP) is 0.558. The first kappa shape index (κ1) is 12.3. The zero-order valence-corrected chi connectivity index (χ0v) is 8.42. The highest BCUT2D eigenvalue weighted by Gasteiger charge is 2.22. The lowest BCUT2D eigenvalue weighted by Crippen LogP contribution is -2.25. The number of aromatic amines is 1. The minimum absolute atomic E-state index is 0.0706. The molecule has 16 heavy (non-hydrogen) atoms. The number of methoxy groups -OCH3 is 1. The molecule has 0 atom stereocenters. The molecule has 0 radical (unpaired) electrons. The summed E-state index contributed by atoms with van der Waals surface area (Å²) in [6, 6.07) is 0. The molecule has 88 valence electrons. The number of carbonyl (C=O) groups is 1. The van der Waals surface area contributed by atoms with E-state index in [0.29, 0.717) is 0 Å². The van der Waals surface area contributed by atoms with Gasteiger partial charge in [-0.3, -0.25) is 4.79 Å². The Kier molecular flexibility index (Phi) is 3.73. The molecule has 1 aromatic rings. The number of H-pyrrole nitrogens is 1. The molecule has 0 amide bonds. The minimum atomic E-state index is -2.96. The van der Waals surface area contributed by atoms with E-state index in [4.69, 9.17) is 5.73 Å². The van der Waals surface area contributed by atoms with Crippen LogP contribution in [0, 0.1) is 0 Å². The largest absolute Gasteiger partial charge is 0.465 e. The van der Waals surface area contributed by atoms with Crippen LogP contribution in [0.3, 0.4) is 0 Å². The van der Waals surface area contributed by atoms with Crippen LogP contribution in [0.5, 0.6) is 0 Å². The highest BCUT2D eigenvalue weighted by atomic mass is 19.3. The smallest absolute Gasteiger partial charge is 0.343 e. The topological polar surface area (TPSA) is 85.2 Å². The van der Waals surface area contributed by atoms with Crippen LogP contribution in [0.2, 0.25) is 0 Å². The van der Waals surface area contributed by atoms with E-state index < -0.39 is 29.0 Å². The van der Waals surface area contributed by atoms with Crippen LogP contribution in [-0.4, -0.2) is 18.1 Å². The Hall–Kier alpha value is -1.76. The van der Waals surface area contributed by atoms with Gasteiger partial charge in [-0.1, -0.05) is 0 Å². The van der Waals surface area contributed by atoms with Gasteiger partial charge >= 0.3 is 5.97 Å². The Morgan fingerprint density at radius 1 is 1.62 bits per heavy atom. The second kappa shape index (κ2) is 4.84. The fraction of sp³-hybridized carbons (Fsp3) is 0.333. The third-order valence-electron chi connectivity index (χ3n) is 2.02. The molecule has 0 aromatic carbocycles. The van der Waals surface area contributed by atoms with E-state index >= 15 is 0 Å². The van der Waals surface area contributed by atoms with Crippen LogP contribution in [0.4, 0.5) is 8.78 Å². The van der Waals surface area contributed by atoms with Gasteiger partial charge in [0.2, 0.25) is 5.43 Å². The molecule has 0 fully saturated rings. The molecular formula is C9H10F2N2O3. The van der Waals surface area contributed by atoms with E-state index in [1.54, 1.807) is 0 Å². The van der Waals surface area contributed by atoms with Crippen LogP contribution in [0.15, 0.2) is 11.0 Å².